The van der Waals surface area contributed by atoms with Crippen LogP contribution in [0.5, 0.6) is 0 Å². The van der Waals surface area contributed by atoms with Gasteiger partial charge in [0.15, 0.2) is 0 Å². The maximum Gasteiger partial charge on any atom is 0.417 e. The molecule has 1 saturated heterocycles. The third-order valence-corrected chi connectivity index (χ3v) is 11.3. The smallest absolute Gasteiger partial charge is 0.352 e. The lowest BCUT2D eigenvalue weighted by Gasteiger charge is -2.44. The van der Waals surface area contributed by atoms with Crippen LogP contribution >= 0.6 is 23.1 Å². The molecule has 1 saturated carbocycles. The molecule has 2 atom stereocenters. The van der Waals surface area contributed by atoms with Crippen LogP contribution in [0.1, 0.15) is 32.3 Å². The van der Waals surface area contributed by atoms with Crippen LogP contribution in [0.3, 0.4) is 0 Å². The van der Waals surface area contributed by atoms with Gasteiger partial charge in [-0.15, -0.1) is 23.1 Å². The number of benzene rings is 1. The van der Waals surface area contributed by atoms with E-state index >= 15 is 13.2 Å². The Morgan fingerprint density at radius 3 is 2.50 bits per heavy atom. The number of carbonyl (C=O) groups excluding carboxylic acids is 2. The van der Waals surface area contributed by atoms with Crippen molar-refractivity contribution >= 4 is 62.5 Å². The van der Waals surface area contributed by atoms with Gasteiger partial charge in [-0.3, -0.25) is 14.2 Å². The van der Waals surface area contributed by atoms with Gasteiger partial charge < -0.3 is 19.8 Å². The number of amides is 1. The second kappa shape index (κ2) is 9.83. The summed E-state index contributed by atoms with van der Waals surface area (Å²) in [6.45, 7) is 7.89. The van der Waals surface area contributed by atoms with Crippen LogP contribution in [0.4, 0.5) is 19.0 Å². The van der Waals surface area contributed by atoms with Crippen LogP contribution < -0.4 is 16.3 Å². The van der Waals surface area contributed by atoms with E-state index in [9.17, 15) is 19.2 Å². The average molecular weight is 645 g/mol. The Kier molecular flexibility index (Phi) is 6.45. The van der Waals surface area contributed by atoms with Gasteiger partial charge in [0, 0.05) is 77.0 Å². The third-order valence-electron chi connectivity index (χ3n) is 8.82. The summed E-state index contributed by atoms with van der Waals surface area (Å²) >= 11 is 2.28. The quantitative estimate of drug-likeness (QED) is 0.318. The number of aromatic amines is 2. The third kappa shape index (κ3) is 4.34. The van der Waals surface area contributed by atoms with Gasteiger partial charge in [0.25, 0.3) is 0 Å². The van der Waals surface area contributed by atoms with Crippen molar-refractivity contribution in [3.05, 3.63) is 50.6 Å². The summed E-state index contributed by atoms with van der Waals surface area (Å²) in [6, 6.07) is 0.399. The van der Waals surface area contributed by atoms with Crippen LogP contribution in [0.2, 0.25) is 0 Å². The molecular weight excluding hydrogens is 617 g/mol. The van der Waals surface area contributed by atoms with E-state index in [1.165, 1.54) is 22.4 Å². The number of piperazine rings is 1. The highest BCUT2D eigenvalue weighted by Crippen LogP contribution is 2.54. The lowest BCUT2D eigenvalue weighted by molar-refractivity contribution is -0.137. The number of nitrogens with one attached hydrogen (secondary N) is 2. The molecule has 4 aromatic rings. The van der Waals surface area contributed by atoms with E-state index in [0.29, 0.717) is 16.8 Å². The highest BCUT2D eigenvalue weighted by atomic mass is 32.2. The molecule has 1 spiro atoms. The Morgan fingerprint density at radius 1 is 1.16 bits per heavy atom. The number of fused-ring (bicyclic) bond motifs is 1. The highest BCUT2D eigenvalue weighted by Gasteiger charge is 2.47. The number of ketones is 1. The Morgan fingerprint density at radius 2 is 1.86 bits per heavy atom. The number of rotatable bonds is 3. The molecule has 1 aromatic carbocycles. The van der Waals surface area contributed by atoms with Crippen molar-refractivity contribution in [3.63, 3.8) is 0 Å². The molecule has 44 heavy (non-hydrogen) atoms. The van der Waals surface area contributed by atoms with Crippen LogP contribution in [0.25, 0.3) is 32.4 Å². The van der Waals surface area contributed by atoms with Gasteiger partial charge in [0.2, 0.25) is 5.91 Å². The Balaban J connectivity index is 1.52. The predicted octanol–water partition coefficient (Wildman–Crippen LogP) is 4.38. The zero-order valence-corrected chi connectivity index (χ0v) is 25.3. The second-order valence-corrected chi connectivity index (χ2v) is 13.9. The largest absolute Gasteiger partial charge is 0.417 e. The number of thiophene rings is 1. The number of nitrogens with zero attached hydrogens (tertiary/aromatic N) is 4. The number of aromatic nitrogens is 4. The normalized spacial score (nSPS) is 21.6. The first-order valence-electron chi connectivity index (χ1n) is 14.0. The first-order chi connectivity index (χ1) is 20.8. The van der Waals surface area contributed by atoms with Crippen LogP contribution in [0, 0.1) is 5.41 Å². The van der Waals surface area contributed by atoms with Gasteiger partial charge in [0.05, 0.1) is 27.0 Å². The number of hydrogen-bond donors (Lipinski definition) is 2. The lowest BCUT2D eigenvalue weighted by Crippen LogP contribution is -2.58. The zero-order chi connectivity index (χ0) is 31.3. The van der Waals surface area contributed by atoms with Crippen LogP contribution in [0.15, 0.2) is 38.6 Å². The number of imidazole rings is 1. The first-order valence-corrected chi connectivity index (χ1v) is 15.9. The van der Waals surface area contributed by atoms with Crippen molar-refractivity contribution in [2.45, 2.75) is 56.4 Å². The first kappa shape index (κ1) is 28.9. The minimum atomic E-state index is -4.79. The summed E-state index contributed by atoms with van der Waals surface area (Å²) in [6.07, 6.45) is -3.10. The SMILES string of the molecule is C=CC(=O)N1[C@H](C)CN(c2nc(=O)n3c4c(c(-c5scc6[nH]c(=O)[nH]c56)c(C(F)(F)F)cc24)SCC2(CC(=O)C2)C3)C[C@@H]1C. The molecule has 2 aliphatic heterocycles. The van der Waals surface area contributed by atoms with E-state index in [-0.39, 0.29) is 88.3 Å². The maximum absolute atomic E-state index is 15.1. The molecule has 0 unspecified atom stereocenters. The number of anilines is 1. The molecule has 0 radical (unpaired) electrons. The number of alkyl halides is 3. The van der Waals surface area contributed by atoms with E-state index in [0.717, 1.165) is 17.4 Å². The van der Waals surface area contributed by atoms with Gasteiger partial charge >= 0.3 is 17.6 Å². The van der Waals surface area contributed by atoms with Crippen molar-refractivity contribution in [1.29, 1.82) is 0 Å². The predicted molar refractivity (Wildman–Crippen MR) is 162 cm³/mol. The van der Waals surface area contributed by atoms with Crippen LogP contribution in [-0.2, 0) is 22.3 Å². The summed E-state index contributed by atoms with van der Waals surface area (Å²) in [5, 5.41) is 1.76. The fourth-order valence-corrected chi connectivity index (χ4v) is 9.58. The highest BCUT2D eigenvalue weighted by molar-refractivity contribution is 7.99. The maximum atomic E-state index is 15.1. The van der Waals surface area contributed by atoms with Gasteiger partial charge in [-0.05, 0) is 26.0 Å². The molecule has 1 aliphatic carbocycles. The molecule has 3 aromatic heterocycles. The fourth-order valence-electron chi connectivity index (χ4n) is 7.04. The van der Waals surface area contributed by atoms with Crippen molar-refractivity contribution in [2.24, 2.45) is 5.41 Å². The molecule has 1 amide bonds. The Hall–Kier alpha value is -3.85. The molecule has 5 heterocycles. The molecule has 15 heteroatoms. The summed E-state index contributed by atoms with van der Waals surface area (Å²) in [4.78, 5) is 64.2. The minimum absolute atomic E-state index is 0.0430. The van der Waals surface area contributed by atoms with Gasteiger partial charge in [-0.25, -0.2) is 9.59 Å². The molecule has 3 aliphatic rings. The van der Waals surface area contributed by atoms with Crippen LogP contribution in [-0.4, -0.2) is 67.0 Å². The summed E-state index contributed by atoms with van der Waals surface area (Å²) in [5.74, 6) is 0.252. The fraction of sp³-hybridized carbons (Fsp3) is 0.414. The molecule has 230 valence electrons. The number of halogens is 3. The van der Waals surface area contributed by atoms with Crippen molar-refractivity contribution < 1.29 is 22.8 Å². The summed E-state index contributed by atoms with van der Waals surface area (Å²) in [7, 11) is 0. The minimum Gasteiger partial charge on any atom is -0.352 e. The van der Waals surface area contributed by atoms with E-state index in [2.05, 4.69) is 21.5 Å². The lowest BCUT2D eigenvalue weighted by atomic mass is 9.69. The Labute approximate surface area is 255 Å². The van der Waals surface area contributed by atoms with Crippen molar-refractivity contribution in [2.75, 3.05) is 23.7 Å². The van der Waals surface area contributed by atoms with E-state index in [1.54, 1.807) is 15.2 Å². The number of thioether (sulfide) groups is 1. The number of carbonyl (C=O) groups is 2. The van der Waals surface area contributed by atoms with Gasteiger partial charge in [-0.2, -0.15) is 18.2 Å². The van der Waals surface area contributed by atoms with Crippen molar-refractivity contribution in [1.82, 2.24) is 24.4 Å². The molecule has 10 nitrogen and oxygen atoms in total. The van der Waals surface area contributed by atoms with Crippen molar-refractivity contribution in [3.8, 4) is 10.4 Å². The molecule has 2 fully saturated rings. The second-order valence-electron chi connectivity index (χ2n) is 12.0. The zero-order valence-electron chi connectivity index (χ0n) is 23.7. The number of H-pyrrole nitrogens is 2. The Bertz CT molecular complexity index is 2010. The molecule has 7 rings (SSSR count). The van der Waals surface area contributed by atoms with E-state index in [4.69, 9.17) is 0 Å². The summed E-state index contributed by atoms with van der Waals surface area (Å²) in [5.41, 5.74) is -1.78. The summed E-state index contributed by atoms with van der Waals surface area (Å²) < 4.78 is 46.6. The van der Waals surface area contributed by atoms with Gasteiger partial charge in [0.1, 0.15) is 11.6 Å². The average Bonchev–Trinajstić information content (AvgIpc) is 3.43. The van der Waals surface area contributed by atoms with Gasteiger partial charge in [-0.1, -0.05) is 6.58 Å². The number of Topliss-reactive ketones (excluding diaryl/α,β-unsaturated/α-hetero) is 1. The molecule has 0 bridgehead atoms. The monoisotopic (exact) mass is 644 g/mol. The standard InChI is InChI=1S/C29H27F3N6O4S2/c1-4-19(40)38-13(2)8-36(9-14(38)3)25-16-5-17(29(30,31)32)20(23-21-18(10-43-23)33-26(41)34-21)24-22(16)37(27(42)35-25)11-28(12-44-24)6-15(39)7-28/h4-5,10,13-14H,1,6-9,11-12H2,2-3H3,(H2,33,34,41)/t13-,14+. The molecule has 2 N–H and O–H groups in total. The number of hydrogen-bond acceptors (Lipinski definition) is 8. The molecular formula is C29H27F3N6O4S2. The van der Waals surface area contributed by atoms with E-state index in [1.807, 2.05) is 13.8 Å². The van der Waals surface area contributed by atoms with E-state index < -0.39 is 28.5 Å². The topological polar surface area (TPSA) is 124 Å².